The van der Waals surface area contributed by atoms with Gasteiger partial charge in [0.2, 0.25) is 0 Å². The fourth-order valence-electron chi connectivity index (χ4n) is 1.79. The number of hydrogen-bond acceptors (Lipinski definition) is 3. The third-order valence-corrected chi connectivity index (χ3v) is 2.58. The zero-order valence-electron chi connectivity index (χ0n) is 9.53. The summed E-state index contributed by atoms with van der Waals surface area (Å²) in [5.41, 5.74) is 1.23. The van der Waals surface area contributed by atoms with Crippen LogP contribution in [0.4, 0.5) is 0 Å². The summed E-state index contributed by atoms with van der Waals surface area (Å²) in [7, 11) is 0. The van der Waals surface area contributed by atoms with Crippen molar-refractivity contribution in [1.82, 2.24) is 0 Å². The number of fused-ring (bicyclic) bond motifs is 1. The fourth-order valence-corrected chi connectivity index (χ4v) is 1.79. The predicted octanol–water partition coefficient (Wildman–Crippen LogP) is 2.58. The van der Waals surface area contributed by atoms with Gasteiger partial charge in [0.1, 0.15) is 12.4 Å². The van der Waals surface area contributed by atoms with Crippen molar-refractivity contribution in [3.8, 4) is 5.75 Å². The highest BCUT2D eigenvalue weighted by molar-refractivity contribution is 6.25. The molecule has 0 radical (unpaired) electrons. The number of benzene rings is 1. The van der Waals surface area contributed by atoms with Gasteiger partial charge in [0.15, 0.2) is 11.6 Å². The molecule has 1 aromatic carbocycles. The van der Waals surface area contributed by atoms with Crippen LogP contribution in [0, 0.1) is 0 Å². The van der Waals surface area contributed by atoms with Crippen LogP contribution in [-0.4, -0.2) is 18.2 Å². The highest BCUT2D eigenvalue weighted by Gasteiger charge is 2.26. The first-order valence-corrected chi connectivity index (χ1v) is 5.29. The summed E-state index contributed by atoms with van der Waals surface area (Å²) >= 11 is 0. The van der Waals surface area contributed by atoms with E-state index in [1.165, 1.54) is 6.08 Å². The van der Waals surface area contributed by atoms with Crippen LogP contribution in [0.15, 0.2) is 42.5 Å². The minimum absolute atomic E-state index is 0.122. The Balaban J connectivity index is 2.53. The van der Waals surface area contributed by atoms with Crippen LogP contribution < -0.4 is 4.74 Å². The van der Waals surface area contributed by atoms with Gasteiger partial charge in [-0.05, 0) is 19.1 Å². The van der Waals surface area contributed by atoms with Gasteiger partial charge < -0.3 is 4.74 Å². The van der Waals surface area contributed by atoms with Crippen molar-refractivity contribution in [1.29, 1.82) is 0 Å². The lowest BCUT2D eigenvalue weighted by Gasteiger charge is -2.16. The lowest BCUT2D eigenvalue weighted by Crippen LogP contribution is -2.16. The molecule has 0 bridgehead atoms. The van der Waals surface area contributed by atoms with Crippen molar-refractivity contribution in [3.05, 3.63) is 53.6 Å². The minimum atomic E-state index is -0.184. The van der Waals surface area contributed by atoms with E-state index in [1.54, 1.807) is 31.2 Å². The van der Waals surface area contributed by atoms with Gasteiger partial charge in [-0.2, -0.15) is 0 Å². The van der Waals surface area contributed by atoms with Crippen molar-refractivity contribution < 1.29 is 14.3 Å². The first kappa shape index (κ1) is 11.3. The first-order chi connectivity index (χ1) is 8.15. The molecule has 3 heteroatoms. The van der Waals surface area contributed by atoms with E-state index >= 15 is 0 Å². The number of carbonyl (C=O) groups is 2. The minimum Gasteiger partial charge on any atom is -0.489 e. The van der Waals surface area contributed by atoms with Gasteiger partial charge >= 0.3 is 0 Å². The average molecular weight is 228 g/mol. The molecule has 1 aromatic rings. The number of Topliss-reactive ketones (excluding diaryl/α,β-unsaturated/α-hetero) is 1. The van der Waals surface area contributed by atoms with E-state index in [2.05, 4.69) is 6.58 Å². The van der Waals surface area contributed by atoms with E-state index in [0.717, 1.165) is 0 Å². The molecule has 0 N–H and O–H groups in total. The summed E-state index contributed by atoms with van der Waals surface area (Å²) in [5, 5.41) is 0. The molecular formula is C14H12O3. The van der Waals surface area contributed by atoms with Crippen molar-refractivity contribution >= 4 is 11.6 Å². The summed E-state index contributed by atoms with van der Waals surface area (Å²) < 4.78 is 5.39. The van der Waals surface area contributed by atoms with Crippen LogP contribution in [0.2, 0.25) is 0 Å². The molecule has 0 saturated heterocycles. The molecule has 2 rings (SSSR count). The molecule has 0 aromatic heterocycles. The average Bonchev–Trinajstić information content (AvgIpc) is 2.33. The second kappa shape index (κ2) is 4.37. The SMILES string of the molecule is C=CCOc1cccc2c1C(=O)C=C(C)C2=O. The molecule has 0 unspecified atom stereocenters. The lowest BCUT2D eigenvalue weighted by atomic mass is 9.89. The molecular weight excluding hydrogens is 216 g/mol. The summed E-state index contributed by atoms with van der Waals surface area (Å²) in [5.74, 6) is 0.130. The largest absolute Gasteiger partial charge is 0.489 e. The third-order valence-electron chi connectivity index (χ3n) is 2.58. The Morgan fingerprint density at radius 3 is 2.82 bits per heavy atom. The fraction of sp³-hybridized carbons (Fsp3) is 0.143. The molecule has 0 fully saturated rings. The molecule has 1 aliphatic carbocycles. The Morgan fingerprint density at radius 2 is 2.12 bits per heavy atom. The molecule has 86 valence electrons. The quantitative estimate of drug-likeness (QED) is 0.747. The van der Waals surface area contributed by atoms with E-state index in [4.69, 9.17) is 4.74 Å². The summed E-state index contributed by atoms with van der Waals surface area (Å²) in [6.07, 6.45) is 2.95. The number of carbonyl (C=O) groups excluding carboxylic acids is 2. The van der Waals surface area contributed by atoms with Crippen molar-refractivity contribution in [2.75, 3.05) is 6.61 Å². The molecule has 17 heavy (non-hydrogen) atoms. The second-order valence-electron chi connectivity index (χ2n) is 3.80. The number of allylic oxidation sites excluding steroid dienone is 2. The van der Waals surface area contributed by atoms with Crippen LogP contribution >= 0.6 is 0 Å². The number of ketones is 2. The van der Waals surface area contributed by atoms with Crippen LogP contribution in [0.5, 0.6) is 5.75 Å². The zero-order valence-corrected chi connectivity index (χ0v) is 9.53. The molecule has 0 saturated carbocycles. The standard InChI is InChI=1S/C14H12O3/c1-3-7-17-12-6-4-5-10-13(12)11(15)8-9(2)14(10)16/h3-6,8H,1,7H2,2H3. The maximum absolute atomic E-state index is 11.9. The third kappa shape index (κ3) is 1.91. The van der Waals surface area contributed by atoms with E-state index in [9.17, 15) is 9.59 Å². The molecule has 1 aliphatic rings. The van der Waals surface area contributed by atoms with Crippen LogP contribution in [0.1, 0.15) is 27.6 Å². The predicted molar refractivity (Wildman–Crippen MR) is 64.6 cm³/mol. The Hall–Kier alpha value is -2.16. The molecule has 0 aliphatic heterocycles. The molecule has 0 amide bonds. The van der Waals surface area contributed by atoms with E-state index in [0.29, 0.717) is 29.1 Å². The number of rotatable bonds is 3. The smallest absolute Gasteiger partial charge is 0.190 e. The molecule has 0 spiro atoms. The Labute approximate surface area is 99.4 Å². The zero-order chi connectivity index (χ0) is 12.4. The van der Waals surface area contributed by atoms with Gasteiger partial charge in [-0.1, -0.05) is 24.8 Å². The van der Waals surface area contributed by atoms with Crippen LogP contribution in [-0.2, 0) is 0 Å². The van der Waals surface area contributed by atoms with Gasteiger partial charge in [0.25, 0.3) is 0 Å². The van der Waals surface area contributed by atoms with Crippen molar-refractivity contribution in [3.63, 3.8) is 0 Å². The van der Waals surface area contributed by atoms with E-state index < -0.39 is 0 Å². The van der Waals surface area contributed by atoms with Crippen LogP contribution in [0.25, 0.3) is 0 Å². The van der Waals surface area contributed by atoms with Gasteiger partial charge in [0.05, 0.1) is 5.56 Å². The second-order valence-corrected chi connectivity index (χ2v) is 3.80. The normalized spacial score (nSPS) is 14.1. The van der Waals surface area contributed by atoms with Gasteiger partial charge in [-0.25, -0.2) is 0 Å². The summed E-state index contributed by atoms with van der Waals surface area (Å²) in [4.78, 5) is 23.8. The highest BCUT2D eigenvalue weighted by Crippen LogP contribution is 2.29. The van der Waals surface area contributed by atoms with Crippen molar-refractivity contribution in [2.24, 2.45) is 0 Å². The Kier molecular flexibility index (Phi) is 2.91. The topological polar surface area (TPSA) is 43.4 Å². The maximum atomic E-state index is 11.9. The lowest BCUT2D eigenvalue weighted by molar-refractivity contribution is 0.0981. The number of ether oxygens (including phenoxy) is 1. The number of hydrogen-bond donors (Lipinski definition) is 0. The summed E-state index contributed by atoms with van der Waals surface area (Å²) in [6.45, 7) is 5.49. The van der Waals surface area contributed by atoms with Gasteiger partial charge in [-0.15, -0.1) is 0 Å². The van der Waals surface area contributed by atoms with E-state index in [1.807, 2.05) is 0 Å². The van der Waals surface area contributed by atoms with Gasteiger partial charge in [0, 0.05) is 11.1 Å². The van der Waals surface area contributed by atoms with Gasteiger partial charge in [-0.3, -0.25) is 9.59 Å². The molecule has 3 nitrogen and oxygen atoms in total. The Morgan fingerprint density at radius 1 is 1.35 bits per heavy atom. The maximum Gasteiger partial charge on any atom is 0.190 e. The van der Waals surface area contributed by atoms with Crippen LogP contribution in [0.3, 0.4) is 0 Å². The molecule has 0 atom stereocenters. The van der Waals surface area contributed by atoms with E-state index in [-0.39, 0.29) is 11.6 Å². The highest BCUT2D eigenvalue weighted by atomic mass is 16.5. The summed E-state index contributed by atoms with van der Waals surface area (Å²) in [6, 6.07) is 5.04. The Bertz CT molecular complexity index is 538. The van der Waals surface area contributed by atoms with Crippen molar-refractivity contribution in [2.45, 2.75) is 6.92 Å². The molecule has 0 heterocycles. The first-order valence-electron chi connectivity index (χ1n) is 5.29. The monoisotopic (exact) mass is 228 g/mol.